The van der Waals surface area contributed by atoms with E-state index in [-0.39, 0.29) is 0 Å². The normalized spacial score (nSPS) is 10.9. The number of pyridine rings is 1. The molecule has 0 bridgehead atoms. The summed E-state index contributed by atoms with van der Waals surface area (Å²) >= 11 is 1.80. The van der Waals surface area contributed by atoms with Crippen LogP contribution in [-0.4, -0.2) is 17.3 Å². The Bertz CT molecular complexity index is 786. The monoisotopic (exact) mass is 323 g/mol. The van der Waals surface area contributed by atoms with Crippen LogP contribution in [0.3, 0.4) is 0 Å². The lowest BCUT2D eigenvalue weighted by Gasteiger charge is -2.09. The van der Waals surface area contributed by atoms with Crippen LogP contribution < -0.4 is 4.74 Å². The zero-order chi connectivity index (χ0) is 16.1. The van der Waals surface area contributed by atoms with Crippen LogP contribution in [0.25, 0.3) is 10.9 Å². The molecule has 0 radical (unpaired) electrons. The summed E-state index contributed by atoms with van der Waals surface area (Å²) in [5.74, 6) is 1.95. The third-order valence-electron chi connectivity index (χ3n) is 3.78. The summed E-state index contributed by atoms with van der Waals surface area (Å²) in [5, 5.41) is 2.35. The van der Waals surface area contributed by atoms with Crippen molar-refractivity contribution in [1.29, 1.82) is 0 Å². The van der Waals surface area contributed by atoms with Gasteiger partial charge in [-0.05, 0) is 49.6 Å². The molecule has 0 fully saturated rings. The SMILES string of the molecule is Cc1cc(SCCCOc2ccccc2)nc2c(C)cccc12. The molecule has 3 rings (SSSR count). The first-order chi connectivity index (χ1) is 11.2. The maximum absolute atomic E-state index is 5.72. The Hall–Kier alpha value is -2.00. The fraction of sp³-hybridized carbons (Fsp3) is 0.250. The lowest BCUT2D eigenvalue weighted by atomic mass is 10.1. The Morgan fingerprint density at radius 3 is 2.61 bits per heavy atom. The van der Waals surface area contributed by atoms with Gasteiger partial charge in [-0.2, -0.15) is 0 Å². The van der Waals surface area contributed by atoms with Gasteiger partial charge in [-0.3, -0.25) is 0 Å². The summed E-state index contributed by atoms with van der Waals surface area (Å²) in [4.78, 5) is 4.81. The fourth-order valence-electron chi connectivity index (χ4n) is 2.55. The van der Waals surface area contributed by atoms with E-state index in [0.29, 0.717) is 0 Å². The molecule has 1 aromatic heterocycles. The van der Waals surface area contributed by atoms with Crippen LogP contribution in [0.5, 0.6) is 5.75 Å². The van der Waals surface area contributed by atoms with Crippen molar-refractivity contribution in [3.8, 4) is 5.75 Å². The minimum absolute atomic E-state index is 0.739. The molecule has 0 aliphatic carbocycles. The molecule has 0 spiro atoms. The average molecular weight is 323 g/mol. The highest BCUT2D eigenvalue weighted by molar-refractivity contribution is 7.99. The van der Waals surface area contributed by atoms with E-state index in [4.69, 9.17) is 9.72 Å². The van der Waals surface area contributed by atoms with Crippen molar-refractivity contribution in [1.82, 2.24) is 4.98 Å². The van der Waals surface area contributed by atoms with Crippen LogP contribution in [-0.2, 0) is 0 Å². The Kier molecular flexibility index (Phi) is 5.19. The van der Waals surface area contributed by atoms with E-state index < -0.39 is 0 Å². The van der Waals surface area contributed by atoms with E-state index in [0.717, 1.165) is 35.1 Å². The molecule has 118 valence electrons. The van der Waals surface area contributed by atoms with Crippen LogP contribution in [0, 0.1) is 13.8 Å². The van der Waals surface area contributed by atoms with Crippen molar-refractivity contribution < 1.29 is 4.74 Å². The van der Waals surface area contributed by atoms with Crippen LogP contribution in [0.4, 0.5) is 0 Å². The molecule has 0 N–H and O–H groups in total. The maximum atomic E-state index is 5.72. The van der Waals surface area contributed by atoms with Crippen molar-refractivity contribution >= 4 is 22.7 Å². The molecule has 2 nitrogen and oxygen atoms in total. The molecule has 0 atom stereocenters. The Morgan fingerprint density at radius 1 is 0.957 bits per heavy atom. The number of fused-ring (bicyclic) bond motifs is 1. The summed E-state index contributed by atoms with van der Waals surface area (Å²) in [5.41, 5.74) is 3.65. The molecule has 3 aromatic rings. The molecule has 0 aliphatic rings. The van der Waals surface area contributed by atoms with Gasteiger partial charge in [0.15, 0.2) is 0 Å². The molecule has 0 saturated carbocycles. The minimum atomic E-state index is 0.739. The van der Waals surface area contributed by atoms with Gasteiger partial charge in [-0.15, -0.1) is 11.8 Å². The van der Waals surface area contributed by atoms with E-state index in [1.54, 1.807) is 11.8 Å². The summed E-state index contributed by atoms with van der Waals surface area (Å²) in [7, 11) is 0. The Balaban J connectivity index is 1.56. The maximum Gasteiger partial charge on any atom is 0.119 e. The highest BCUT2D eigenvalue weighted by Gasteiger charge is 2.05. The molecule has 0 saturated heterocycles. The van der Waals surface area contributed by atoms with Gasteiger partial charge in [0, 0.05) is 11.1 Å². The summed E-state index contributed by atoms with van der Waals surface area (Å²) in [6.07, 6.45) is 1.01. The predicted octanol–water partition coefficient (Wildman–Crippen LogP) is 5.41. The second-order valence-corrected chi connectivity index (χ2v) is 6.73. The van der Waals surface area contributed by atoms with E-state index in [2.05, 4.69) is 38.1 Å². The molecule has 0 aliphatic heterocycles. The number of aromatic nitrogens is 1. The van der Waals surface area contributed by atoms with Gasteiger partial charge in [0.2, 0.25) is 0 Å². The first-order valence-corrected chi connectivity index (χ1v) is 8.90. The molecule has 0 amide bonds. The smallest absolute Gasteiger partial charge is 0.119 e. The molecule has 0 unspecified atom stereocenters. The standard InChI is InChI=1S/C20H21NOS/c1-15-8-6-11-18-16(2)14-19(21-20(15)18)23-13-7-12-22-17-9-4-3-5-10-17/h3-6,8-11,14H,7,12-13H2,1-2H3. The Labute approximate surface area is 141 Å². The van der Waals surface area contributed by atoms with Crippen LogP contribution in [0.2, 0.25) is 0 Å². The minimum Gasteiger partial charge on any atom is -0.494 e. The average Bonchev–Trinajstić information content (AvgIpc) is 2.57. The van der Waals surface area contributed by atoms with Gasteiger partial charge in [-0.25, -0.2) is 4.98 Å². The molecule has 23 heavy (non-hydrogen) atoms. The number of para-hydroxylation sites is 2. The number of hydrogen-bond donors (Lipinski definition) is 0. The van der Waals surface area contributed by atoms with Gasteiger partial charge < -0.3 is 4.74 Å². The van der Waals surface area contributed by atoms with Crippen molar-refractivity contribution in [2.45, 2.75) is 25.3 Å². The number of benzene rings is 2. The van der Waals surface area contributed by atoms with Crippen LogP contribution in [0.15, 0.2) is 59.6 Å². The van der Waals surface area contributed by atoms with Gasteiger partial charge in [-0.1, -0.05) is 36.4 Å². The number of ether oxygens (including phenoxy) is 1. The first-order valence-electron chi connectivity index (χ1n) is 7.91. The lowest BCUT2D eigenvalue weighted by Crippen LogP contribution is -1.99. The number of rotatable bonds is 6. The Morgan fingerprint density at radius 2 is 1.78 bits per heavy atom. The van der Waals surface area contributed by atoms with Gasteiger partial charge >= 0.3 is 0 Å². The highest BCUT2D eigenvalue weighted by Crippen LogP contribution is 2.26. The van der Waals surface area contributed by atoms with Gasteiger partial charge in [0.1, 0.15) is 5.75 Å². The van der Waals surface area contributed by atoms with Crippen molar-refractivity contribution in [3.05, 3.63) is 65.7 Å². The molecular formula is C20H21NOS. The predicted molar refractivity (Wildman–Crippen MR) is 98.5 cm³/mol. The van der Waals surface area contributed by atoms with Crippen molar-refractivity contribution in [2.75, 3.05) is 12.4 Å². The van der Waals surface area contributed by atoms with Crippen LogP contribution in [0.1, 0.15) is 17.5 Å². The largest absolute Gasteiger partial charge is 0.494 e. The number of thioether (sulfide) groups is 1. The van der Waals surface area contributed by atoms with E-state index in [9.17, 15) is 0 Å². The number of aryl methyl sites for hydroxylation is 2. The molecule has 2 aromatic carbocycles. The first kappa shape index (κ1) is 15.9. The quantitative estimate of drug-likeness (QED) is 0.447. The molecule has 3 heteroatoms. The fourth-order valence-corrected chi connectivity index (χ4v) is 3.43. The second-order valence-electron chi connectivity index (χ2n) is 5.61. The zero-order valence-corrected chi connectivity index (χ0v) is 14.4. The number of nitrogens with zero attached hydrogens (tertiary/aromatic N) is 1. The topological polar surface area (TPSA) is 22.1 Å². The molecular weight excluding hydrogens is 302 g/mol. The van der Waals surface area contributed by atoms with E-state index >= 15 is 0 Å². The third kappa shape index (κ3) is 4.05. The third-order valence-corrected chi connectivity index (χ3v) is 4.77. The van der Waals surface area contributed by atoms with Crippen molar-refractivity contribution in [2.24, 2.45) is 0 Å². The van der Waals surface area contributed by atoms with Gasteiger partial charge in [0.25, 0.3) is 0 Å². The molecule has 1 heterocycles. The summed E-state index contributed by atoms with van der Waals surface area (Å²) < 4.78 is 5.72. The lowest BCUT2D eigenvalue weighted by molar-refractivity contribution is 0.318. The van der Waals surface area contributed by atoms with Crippen LogP contribution >= 0.6 is 11.8 Å². The van der Waals surface area contributed by atoms with Crippen molar-refractivity contribution in [3.63, 3.8) is 0 Å². The second kappa shape index (κ2) is 7.51. The zero-order valence-electron chi connectivity index (χ0n) is 13.6. The van der Waals surface area contributed by atoms with Gasteiger partial charge in [0.05, 0.1) is 17.1 Å². The number of hydrogen-bond acceptors (Lipinski definition) is 3. The summed E-state index contributed by atoms with van der Waals surface area (Å²) in [6, 6.07) is 18.5. The highest BCUT2D eigenvalue weighted by atomic mass is 32.2. The van der Waals surface area contributed by atoms with E-state index in [1.807, 2.05) is 30.3 Å². The summed E-state index contributed by atoms with van der Waals surface area (Å²) in [6.45, 7) is 5.02. The van der Waals surface area contributed by atoms with E-state index in [1.165, 1.54) is 16.5 Å².